The molecular formula is C14H14F3NO3S. The normalized spacial score (nSPS) is 18.6. The molecule has 1 aliphatic heterocycles. The number of carbonyl (C=O) groups is 1. The Bertz CT molecular complexity index is 664. The second-order valence-corrected chi connectivity index (χ2v) is 7.23. The van der Waals surface area contributed by atoms with Gasteiger partial charge < -0.3 is 4.90 Å². The van der Waals surface area contributed by atoms with Gasteiger partial charge in [-0.1, -0.05) is 12.1 Å². The summed E-state index contributed by atoms with van der Waals surface area (Å²) in [7, 11) is -3.06. The van der Waals surface area contributed by atoms with Crippen LogP contribution in [0.5, 0.6) is 0 Å². The Morgan fingerprint density at radius 1 is 1.09 bits per heavy atom. The maximum atomic E-state index is 12.4. The van der Waals surface area contributed by atoms with Crippen LogP contribution in [0.3, 0.4) is 0 Å². The Balaban J connectivity index is 1.98. The molecule has 1 aromatic carbocycles. The highest BCUT2D eigenvalue weighted by Gasteiger charge is 2.29. The van der Waals surface area contributed by atoms with Crippen molar-refractivity contribution in [3.8, 4) is 0 Å². The molecule has 0 spiro atoms. The summed E-state index contributed by atoms with van der Waals surface area (Å²) in [6, 6.07) is 4.43. The molecule has 1 amide bonds. The summed E-state index contributed by atoms with van der Waals surface area (Å²) in [6.45, 7) is 0.275. The number of carbonyl (C=O) groups excluding carboxylic acids is 1. The summed E-state index contributed by atoms with van der Waals surface area (Å²) in [5.41, 5.74) is -0.289. The maximum absolute atomic E-state index is 12.4. The molecule has 0 radical (unpaired) electrons. The lowest BCUT2D eigenvalue weighted by Crippen LogP contribution is -2.43. The molecule has 4 nitrogen and oxygen atoms in total. The van der Waals surface area contributed by atoms with E-state index in [1.165, 1.54) is 29.2 Å². The van der Waals surface area contributed by atoms with Crippen LogP contribution in [0.15, 0.2) is 30.3 Å². The van der Waals surface area contributed by atoms with Gasteiger partial charge in [0.2, 0.25) is 5.91 Å². The predicted molar refractivity (Wildman–Crippen MR) is 75.7 cm³/mol. The third kappa shape index (κ3) is 4.33. The average molecular weight is 333 g/mol. The Morgan fingerprint density at radius 2 is 1.64 bits per heavy atom. The maximum Gasteiger partial charge on any atom is 0.416 e. The van der Waals surface area contributed by atoms with Crippen molar-refractivity contribution in [2.75, 3.05) is 24.6 Å². The minimum Gasteiger partial charge on any atom is -0.337 e. The molecule has 8 heteroatoms. The van der Waals surface area contributed by atoms with Crippen LogP contribution in [0.2, 0.25) is 0 Å². The third-order valence-electron chi connectivity index (χ3n) is 3.31. The van der Waals surface area contributed by atoms with E-state index >= 15 is 0 Å². The average Bonchev–Trinajstić information content (AvgIpc) is 2.44. The van der Waals surface area contributed by atoms with Gasteiger partial charge in [0.1, 0.15) is 0 Å². The molecule has 0 aromatic heterocycles. The van der Waals surface area contributed by atoms with Crippen molar-refractivity contribution < 1.29 is 26.4 Å². The fourth-order valence-corrected chi connectivity index (χ4v) is 3.19. The fraction of sp³-hybridized carbons (Fsp3) is 0.357. The molecular weight excluding hydrogens is 319 g/mol. The fourth-order valence-electron chi connectivity index (χ4n) is 1.99. The van der Waals surface area contributed by atoms with Crippen molar-refractivity contribution >= 4 is 21.8 Å². The van der Waals surface area contributed by atoms with Gasteiger partial charge in [-0.3, -0.25) is 4.79 Å². The van der Waals surface area contributed by atoms with E-state index in [4.69, 9.17) is 0 Å². The van der Waals surface area contributed by atoms with Crippen LogP contribution in [0.4, 0.5) is 13.2 Å². The van der Waals surface area contributed by atoms with Crippen LogP contribution >= 0.6 is 0 Å². The zero-order valence-corrected chi connectivity index (χ0v) is 12.3. The zero-order chi connectivity index (χ0) is 16.4. The summed E-state index contributed by atoms with van der Waals surface area (Å²) < 4.78 is 59.8. The van der Waals surface area contributed by atoms with E-state index in [1.54, 1.807) is 0 Å². The van der Waals surface area contributed by atoms with Gasteiger partial charge in [0.25, 0.3) is 0 Å². The highest BCUT2D eigenvalue weighted by atomic mass is 32.2. The molecule has 1 aromatic rings. The summed E-state index contributed by atoms with van der Waals surface area (Å²) in [5, 5.41) is 0. The highest BCUT2D eigenvalue weighted by Crippen LogP contribution is 2.29. The lowest BCUT2D eigenvalue weighted by Gasteiger charge is -2.25. The van der Waals surface area contributed by atoms with E-state index in [9.17, 15) is 26.4 Å². The molecule has 0 aliphatic carbocycles. The zero-order valence-electron chi connectivity index (χ0n) is 11.5. The molecule has 0 unspecified atom stereocenters. The number of hydrogen-bond acceptors (Lipinski definition) is 3. The quantitative estimate of drug-likeness (QED) is 0.778. The minimum atomic E-state index is -4.39. The summed E-state index contributed by atoms with van der Waals surface area (Å²) in [4.78, 5) is 13.3. The minimum absolute atomic E-state index is 0.0626. The number of halogens is 3. The van der Waals surface area contributed by atoms with Gasteiger partial charge in [-0.25, -0.2) is 8.42 Å². The molecule has 0 atom stereocenters. The van der Waals surface area contributed by atoms with Crippen molar-refractivity contribution in [3.63, 3.8) is 0 Å². The molecule has 1 aliphatic rings. The number of sulfone groups is 1. The number of hydrogen-bond donors (Lipinski definition) is 0. The van der Waals surface area contributed by atoms with Crippen molar-refractivity contribution in [2.45, 2.75) is 6.18 Å². The van der Waals surface area contributed by atoms with Crippen LogP contribution in [-0.2, 0) is 20.8 Å². The molecule has 0 bridgehead atoms. The Labute approximate surface area is 126 Å². The molecule has 2 rings (SSSR count). The molecule has 1 saturated heterocycles. The second kappa shape index (κ2) is 6.12. The molecule has 0 N–H and O–H groups in total. The van der Waals surface area contributed by atoms with Gasteiger partial charge in [-0.05, 0) is 23.8 Å². The lowest BCUT2D eigenvalue weighted by atomic mass is 10.1. The van der Waals surface area contributed by atoms with Gasteiger partial charge in [-0.2, -0.15) is 13.2 Å². The smallest absolute Gasteiger partial charge is 0.337 e. The van der Waals surface area contributed by atoms with E-state index < -0.39 is 21.6 Å². The number of benzene rings is 1. The van der Waals surface area contributed by atoms with E-state index in [0.29, 0.717) is 5.56 Å². The number of alkyl halides is 3. The first-order chi connectivity index (χ1) is 10.2. The molecule has 1 heterocycles. The van der Waals surface area contributed by atoms with E-state index in [0.717, 1.165) is 12.1 Å². The molecule has 1 fully saturated rings. The molecule has 22 heavy (non-hydrogen) atoms. The van der Waals surface area contributed by atoms with Crippen molar-refractivity contribution in [1.29, 1.82) is 0 Å². The first-order valence-electron chi connectivity index (χ1n) is 6.52. The third-order valence-corrected chi connectivity index (χ3v) is 4.92. The largest absolute Gasteiger partial charge is 0.416 e. The number of rotatable bonds is 2. The van der Waals surface area contributed by atoms with Gasteiger partial charge in [0, 0.05) is 19.2 Å². The standard InChI is InChI=1S/C14H14F3NO3S/c15-14(16,17)12-4-1-11(2-5-12)3-6-13(19)18-7-9-22(20,21)10-8-18/h1-6H,7-10H2/b6-3+. The van der Waals surface area contributed by atoms with Crippen LogP contribution in [0, 0.1) is 0 Å². The van der Waals surface area contributed by atoms with Crippen LogP contribution in [-0.4, -0.2) is 43.8 Å². The molecule has 0 saturated carbocycles. The monoisotopic (exact) mass is 333 g/mol. The molecule has 120 valence electrons. The Morgan fingerprint density at radius 3 is 2.14 bits per heavy atom. The van der Waals surface area contributed by atoms with Gasteiger partial charge in [0.05, 0.1) is 17.1 Å². The van der Waals surface area contributed by atoms with Crippen molar-refractivity contribution in [3.05, 3.63) is 41.5 Å². The van der Waals surface area contributed by atoms with Crippen molar-refractivity contribution in [2.24, 2.45) is 0 Å². The van der Waals surface area contributed by atoms with Crippen LogP contribution in [0.25, 0.3) is 6.08 Å². The summed E-state index contributed by atoms with van der Waals surface area (Å²) >= 11 is 0. The van der Waals surface area contributed by atoms with Crippen LogP contribution < -0.4 is 0 Å². The predicted octanol–water partition coefficient (Wildman–Crippen LogP) is 1.98. The van der Waals surface area contributed by atoms with Gasteiger partial charge in [0.15, 0.2) is 9.84 Å². The first-order valence-corrected chi connectivity index (χ1v) is 8.34. The SMILES string of the molecule is O=C(/C=C/c1ccc(C(F)(F)F)cc1)N1CCS(=O)(=O)CC1. The van der Waals surface area contributed by atoms with Crippen molar-refractivity contribution in [1.82, 2.24) is 4.90 Å². The van der Waals surface area contributed by atoms with Gasteiger partial charge in [-0.15, -0.1) is 0 Å². The lowest BCUT2D eigenvalue weighted by molar-refractivity contribution is -0.137. The Hall–Kier alpha value is -1.83. The first kappa shape index (κ1) is 16.5. The number of amides is 1. The second-order valence-electron chi connectivity index (χ2n) is 4.93. The topological polar surface area (TPSA) is 54.5 Å². The summed E-state index contributed by atoms with van der Waals surface area (Å²) in [6.07, 6.45) is -1.75. The van der Waals surface area contributed by atoms with E-state index in [2.05, 4.69) is 0 Å². The highest BCUT2D eigenvalue weighted by molar-refractivity contribution is 7.91. The van der Waals surface area contributed by atoms with E-state index in [1.807, 2.05) is 0 Å². The summed E-state index contributed by atoms with van der Waals surface area (Å²) in [5.74, 6) is -0.477. The van der Waals surface area contributed by atoms with E-state index in [-0.39, 0.29) is 30.5 Å². The number of nitrogens with zero attached hydrogens (tertiary/aromatic N) is 1. The Kier molecular flexibility index (Phi) is 4.60. The van der Waals surface area contributed by atoms with Gasteiger partial charge >= 0.3 is 6.18 Å². The van der Waals surface area contributed by atoms with Crippen LogP contribution in [0.1, 0.15) is 11.1 Å².